The Morgan fingerprint density at radius 2 is 2.25 bits per heavy atom. The van der Waals surface area contributed by atoms with Crippen LogP contribution in [0.15, 0.2) is 23.6 Å². The van der Waals surface area contributed by atoms with Crippen LogP contribution in [0.4, 0.5) is 5.82 Å². The van der Waals surface area contributed by atoms with Gasteiger partial charge in [-0.2, -0.15) is 0 Å². The minimum atomic E-state index is -0.181. The number of hydrogen-bond donors (Lipinski definition) is 0. The van der Waals surface area contributed by atoms with Gasteiger partial charge in [-0.3, -0.25) is 4.79 Å². The fourth-order valence-corrected chi connectivity index (χ4v) is 3.29. The summed E-state index contributed by atoms with van der Waals surface area (Å²) in [6.07, 6.45) is 0.169. The average Bonchev–Trinajstić information content (AvgIpc) is 3.00. The molecule has 3 rings (SSSR count). The van der Waals surface area contributed by atoms with Gasteiger partial charge in [-0.15, -0.1) is 11.3 Å². The van der Waals surface area contributed by atoms with E-state index in [4.69, 9.17) is 4.74 Å². The molecule has 128 valence electrons. The number of nitrogens with zero attached hydrogens (tertiary/aromatic N) is 4. The Labute approximate surface area is 146 Å². The van der Waals surface area contributed by atoms with Crippen molar-refractivity contribution >= 4 is 23.1 Å². The molecule has 0 aromatic carbocycles. The van der Waals surface area contributed by atoms with Gasteiger partial charge in [0.1, 0.15) is 11.9 Å². The molecule has 1 aliphatic heterocycles. The zero-order chi connectivity index (χ0) is 17.1. The number of morpholine rings is 1. The van der Waals surface area contributed by atoms with E-state index in [1.165, 1.54) is 0 Å². The van der Waals surface area contributed by atoms with Gasteiger partial charge in [0.15, 0.2) is 0 Å². The molecular weight excluding hydrogens is 324 g/mol. The summed E-state index contributed by atoms with van der Waals surface area (Å²) in [5.41, 5.74) is 1.71. The highest BCUT2D eigenvalue weighted by Crippen LogP contribution is 2.23. The standard InChI is InChI=1S/C17H22N4O2S/c1-12-18-13(11-24-12)9-17(22)21-7-8-23-15(10-21)14-5-4-6-16(19-14)20(2)3/h4-6,11,15H,7-10H2,1-3H3/t15-/m1/s1. The predicted molar refractivity (Wildman–Crippen MR) is 94.4 cm³/mol. The molecule has 0 radical (unpaired) electrons. The summed E-state index contributed by atoms with van der Waals surface area (Å²) in [6.45, 7) is 3.63. The number of carbonyl (C=O) groups is 1. The monoisotopic (exact) mass is 346 g/mol. The molecule has 6 nitrogen and oxygen atoms in total. The number of amides is 1. The number of hydrogen-bond acceptors (Lipinski definition) is 6. The molecule has 1 saturated heterocycles. The van der Waals surface area contributed by atoms with Crippen molar-refractivity contribution in [2.45, 2.75) is 19.4 Å². The van der Waals surface area contributed by atoms with Crippen LogP contribution in [-0.4, -0.2) is 54.6 Å². The van der Waals surface area contributed by atoms with Gasteiger partial charge >= 0.3 is 0 Å². The van der Waals surface area contributed by atoms with Crippen molar-refractivity contribution in [3.8, 4) is 0 Å². The number of aryl methyl sites for hydroxylation is 1. The quantitative estimate of drug-likeness (QED) is 0.848. The largest absolute Gasteiger partial charge is 0.368 e. The summed E-state index contributed by atoms with van der Waals surface area (Å²) >= 11 is 1.57. The molecule has 1 fully saturated rings. The van der Waals surface area contributed by atoms with Gasteiger partial charge in [0, 0.05) is 26.0 Å². The predicted octanol–water partition coefficient (Wildman–Crippen LogP) is 2.06. The number of pyridine rings is 1. The summed E-state index contributed by atoms with van der Waals surface area (Å²) in [7, 11) is 3.92. The van der Waals surface area contributed by atoms with E-state index in [0.29, 0.717) is 26.1 Å². The highest BCUT2D eigenvalue weighted by molar-refractivity contribution is 7.09. The van der Waals surface area contributed by atoms with Gasteiger partial charge < -0.3 is 14.5 Å². The van der Waals surface area contributed by atoms with Crippen LogP contribution in [0.2, 0.25) is 0 Å². The molecule has 0 bridgehead atoms. The van der Waals surface area contributed by atoms with Crippen molar-refractivity contribution < 1.29 is 9.53 Å². The molecular formula is C17H22N4O2S. The lowest BCUT2D eigenvalue weighted by molar-refractivity contribution is -0.138. The first-order valence-electron chi connectivity index (χ1n) is 7.97. The third-order valence-electron chi connectivity index (χ3n) is 3.96. The van der Waals surface area contributed by atoms with Crippen LogP contribution < -0.4 is 4.90 Å². The number of ether oxygens (including phenoxy) is 1. The van der Waals surface area contributed by atoms with E-state index in [2.05, 4.69) is 9.97 Å². The van der Waals surface area contributed by atoms with Crippen LogP contribution >= 0.6 is 11.3 Å². The van der Waals surface area contributed by atoms with Crippen LogP contribution in [0, 0.1) is 6.92 Å². The Hall–Kier alpha value is -1.99. The van der Waals surface area contributed by atoms with Crippen LogP contribution in [-0.2, 0) is 16.0 Å². The van der Waals surface area contributed by atoms with Crippen molar-refractivity contribution in [2.75, 3.05) is 38.7 Å². The fraction of sp³-hybridized carbons (Fsp3) is 0.471. The summed E-state index contributed by atoms with van der Waals surface area (Å²) in [5.74, 6) is 0.981. The van der Waals surface area contributed by atoms with Crippen LogP contribution in [0.25, 0.3) is 0 Å². The Balaban J connectivity index is 1.67. The minimum Gasteiger partial charge on any atom is -0.368 e. The molecule has 0 aliphatic carbocycles. The Bertz CT molecular complexity index is 716. The topological polar surface area (TPSA) is 58.6 Å². The summed E-state index contributed by atoms with van der Waals surface area (Å²) in [5, 5.41) is 2.94. The van der Waals surface area contributed by atoms with Gasteiger partial charge in [-0.05, 0) is 19.1 Å². The molecule has 0 saturated carbocycles. The lowest BCUT2D eigenvalue weighted by atomic mass is 10.1. The number of anilines is 1. The number of carbonyl (C=O) groups excluding carboxylic acids is 1. The van der Waals surface area contributed by atoms with Gasteiger partial charge in [-0.25, -0.2) is 9.97 Å². The maximum atomic E-state index is 12.5. The second-order valence-electron chi connectivity index (χ2n) is 6.05. The molecule has 0 spiro atoms. The van der Waals surface area contributed by atoms with Crippen molar-refractivity contribution in [1.29, 1.82) is 0 Å². The molecule has 24 heavy (non-hydrogen) atoms. The van der Waals surface area contributed by atoms with E-state index in [0.717, 1.165) is 22.2 Å². The van der Waals surface area contributed by atoms with Crippen molar-refractivity contribution in [3.63, 3.8) is 0 Å². The van der Waals surface area contributed by atoms with Gasteiger partial charge in [-0.1, -0.05) is 6.07 Å². The van der Waals surface area contributed by atoms with E-state index in [-0.39, 0.29) is 12.0 Å². The molecule has 1 atom stereocenters. The summed E-state index contributed by atoms with van der Waals surface area (Å²) in [4.78, 5) is 25.4. The molecule has 1 amide bonds. The Morgan fingerprint density at radius 3 is 2.96 bits per heavy atom. The first-order valence-corrected chi connectivity index (χ1v) is 8.85. The zero-order valence-corrected chi connectivity index (χ0v) is 15.0. The SMILES string of the molecule is Cc1nc(CC(=O)N2CCO[C@@H](c3cccc(N(C)C)n3)C2)cs1. The van der Waals surface area contributed by atoms with E-state index < -0.39 is 0 Å². The molecule has 2 aromatic rings. The lowest BCUT2D eigenvalue weighted by Gasteiger charge is -2.33. The Morgan fingerprint density at radius 1 is 1.42 bits per heavy atom. The zero-order valence-electron chi connectivity index (χ0n) is 14.2. The molecule has 0 N–H and O–H groups in total. The molecule has 7 heteroatoms. The summed E-state index contributed by atoms with van der Waals surface area (Å²) in [6, 6.07) is 5.88. The van der Waals surface area contributed by atoms with Crippen LogP contribution in [0.5, 0.6) is 0 Å². The highest BCUT2D eigenvalue weighted by Gasteiger charge is 2.26. The van der Waals surface area contributed by atoms with E-state index >= 15 is 0 Å². The smallest absolute Gasteiger partial charge is 0.228 e. The van der Waals surface area contributed by atoms with Crippen molar-refractivity contribution in [3.05, 3.63) is 40.0 Å². The fourth-order valence-electron chi connectivity index (χ4n) is 2.68. The maximum Gasteiger partial charge on any atom is 0.228 e. The lowest BCUT2D eigenvalue weighted by Crippen LogP contribution is -2.43. The van der Waals surface area contributed by atoms with Crippen molar-refractivity contribution in [2.24, 2.45) is 0 Å². The number of thiazole rings is 1. The minimum absolute atomic E-state index is 0.0948. The van der Waals surface area contributed by atoms with Gasteiger partial charge in [0.05, 0.1) is 36.0 Å². The van der Waals surface area contributed by atoms with E-state index in [1.54, 1.807) is 11.3 Å². The summed E-state index contributed by atoms with van der Waals surface area (Å²) < 4.78 is 5.84. The average molecular weight is 346 g/mol. The van der Waals surface area contributed by atoms with Crippen molar-refractivity contribution in [1.82, 2.24) is 14.9 Å². The molecule has 3 heterocycles. The number of rotatable bonds is 4. The van der Waals surface area contributed by atoms with Gasteiger partial charge in [0.25, 0.3) is 0 Å². The van der Waals surface area contributed by atoms with E-state index in [1.807, 2.05) is 54.4 Å². The number of aromatic nitrogens is 2. The first-order chi connectivity index (χ1) is 11.5. The van der Waals surface area contributed by atoms with E-state index in [9.17, 15) is 4.79 Å². The third kappa shape index (κ3) is 3.91. The second kappa shape index (κ2) is 7.27. The normalized spacial score (nSPS) is 17.8. The van der Waals surface area contributed by atoms with Crippen LogP contribution in [0.3, 0.4) is 0 Å². The molecule has 2 aromatic heterocycles. The highest BCUT2D eigenvalue weighted by atomic mass is 32.1. The van der Waals surface area contributed by atoms with Crippen LogP contribution in [0.1, 0.15) is 22.5 Å². The Kier molecular flexibility index (Phi) is 5.11. The first kappa shape index (κ1) is 16.9. The molecule has 1 aliphatic rings. The second-order valence-corrected chi connectivity index (χ2v) is 7.11. The maximum absolute atomic E-state index is 12.5. The molecule has 0 unspecified atom stereocenters. The van der Waals surface area contributed by atoms with Gasteiger partial charge in [0.2, 0.25) is 5.91 Å². The third-order valence-corrected chi connectivity index (χ3v) is 4.78.